The number of carbonyl (C=O) groups excluding carboxylic acids is 1. The molecule has 6 nitrogen and oxygen atoms in total. The molecule has 24 heavy (non-hydrogen) atoms. The molecule has 0 spiro atoms. The summed E-state index contributed by atoms with van der Waals surface area (Å²) in [5.74, 6) is 1.82. The van der Waals surface area contributed by atoms with Crippen molar-refractivity contribution in [2.75, 3.05) is 12.3 Å². The number of hydrogen-bond donors (Lipinski definition) is 3. The second-order valence-corrected chi connectivity index (χ2v) is 8.19. The summed E-state index contributed by atoms with van der Waals surface area (Å²) in [5.41, 5.74) is 1.16. The first-order chi connectivity index (χ1) is 11.5. The molecule has 0 fully saturated rings. The lowest BCUT2D eigenvalue weighted by Crippen LogP contribution is -2.30. The average molecular weight is 367 g/mol. The Morgan fingerprint density at radius 3 is 3.12 bits per heavy atom. The van der Waals surface area contributed by atoms with Gasteiger partial charge < -0.3 is 15.4 Å². The Hall–Kier alpha value is -1.38. The largest absolute Gasteiger partial charge is 0.392 e. The van der Waals surface area contributed by atoms with E-state index < -0.39 is 6.10 Å². The minimum atomic E-state index is -0.532. The van der Waals surface area contributed by atoms with Crippen molar-refractivity contribution < 1.29 is 9.90 Å². The Balaban J connectivity index is 1.55. The first kappa shape index (κ1) is 17.4. The predicted octanol–water partition coefficient (Wildman–Crippen LogP) is 1.59. The number of hydrogen-bond acceptors (Lipinski definition) is 6. The third-order valence-electron chi connectivity index (χ3n) is 3.93. The second kappa shape index (κ2) is 7.67. The molecule has 130 valence electrons. The number of rotatable bonds is 7. The van der Waals surface area contributed by atoms with Crippen molar-refractivity contribution in [3.63, 3.8) is 0 Å². The van der Waals surface area contributed by atoms with Gasteiger partial charge in [0.15, 0.2) is 0 Å². The van der Waals surface area contributed by atoms with Crippen molar-refractivity contribution in [3.8, 4) is 0 Å². The molecular formula is C16H21N3O3S2. The van der Waals surface area contributed by atoms with E-state index >= 15 is 0 Å². The molecule has 0 aromatic carbocycles. The molecule has 1 aliphatic rings. The Kier molecular flexibility index (Phi) is 5.57. The quantitative estimate of drug-likeness (QED) is 0.646. The molecule has 0 saturated heterocycles. The molecule has 1 amide bonds. The number of nitrogens with one attached hydrogen (secondary N) is 2. The molecule has 3 N–H and O–H groups in total. The van der Waals surface area contributed by atoms with Crippen molar-refractivity contribution >= 4 is 39.2 Å². The van der Waals surface area contributed by atoms with Crippen LogP contribution in [0.3, 0.4) is 0 Å². The standard InChI is InChI=1S/C16H21N3O3S2/c1-9(20)7-17-13(21)5-6-23-8-12-18-15(22)14-10-3-2-4-11(10)24-16(14)19-12/h9,20H,2-8H2,1H3,(H,17,21)(H,18,19,22). The van der Waals surface area contributed by atoms with Crippen LogP contribution in [0.5, 0.6) is 0 Å². The molecule has 0 aliphatic heterocycles. The van der Waals surface area contributed by atoms with E-state index in [9.17, 15) is 9.59 Å². The van der Waals surface area contributed by atoms with Crippen LogP contribution in [0, 0.1) is 0 Å². The number of thiophene rings is 1. The van der Waals surface area contributed by atoms with Crippen LogP contribution in [0.4, 0.5) is 0 Å². The number of aliphatic hydroxyl groups excluding tert-OH is 1. The fraction of sp³-hybridized carbons (Fsp3) is 0.562. The third-order valence-corrected chi connectivity index (χ3v) is 6.09. The van der Waals surface area contributed by atoms with Crippen molar-refractivity contribution in [1.82, 2.24) is 15.3 Å². The third kappa shape index (κ3) is 3.99. The lowest BCUT2D eigenvalue weighted by Gasteiger charge is -2.06. The summed E-state index contributed by atoms with van der Waals surface area (Å²) < 4.78 is 0. The monoisotopic (exact) mass is 367 g/mol. The molecule has 8 heteroatoms. The van der Waals surface area contributed by atoms with Gasteiger partial charge in [-0.15, -0.1) is 11.3 Å². The van der Waals surface area contributed by atoms with Crippen LogP contribution in [0.15, 0.2) is 4.79 Å². The number of aromatic amines is 1. The molecule has 2 heterocycles. The normalized spacial score (nSPS) is 14.8. The van der Waals surface area contributed by atoms with Gasteiger partial charge in [-0.25, -0.2) is 4.98 Å². The molecule has 1 atom stereocenters. The maximum absolute atomic E-state index is 12.3. The summed E-state index contributed by atoms with van der Waals surface area (Å²) in [6, 6.07) is 0. The van der Waals surface area contributed by atoms with Gasteiger partial charge in [0.05, 0.1) is 17.2 Å². The van der Waals surface area contributed by atoms with Crippen LogP contribution < -0.4 is 10.9 Å². The minimum absolute atomic E-state index is 0.0373. The molecule has 1 unspecified atom stereocenters. The van der Waals surface area contributed by atoms with Crippen molar-refractivity contribution in [1.29, 1.82) is 0 Å². The van der Waals surface area contributed by atoms with Crippen LogP contribution in [0.1, 0.15) is 36.0 Å². The highest BCUT2D eigenvalue weighted by atomic mass is 32.2. The SMILES string of the molecule is CC(O)CNC(=O)CCSCc1nc2sc3c(c2c(=O)[nH]1)CCC3. The lowest BCUT2D eigenvalue weighted by molar-refractivity contribution is -0.121. The summed E-state index contributed by atoms with van der Waals surface area (Å²) in [7, 11) is 0. The number of aromatic nitrogens is 2. The van der Waals surface area contributed by atoms with Crippen LogP contribution in [0.2, 0.25) is 0 Å². The summed E-state index contributed by atoms with van der Waals surface area (Å²) in [4.78, 5) is 33.5. The van der Waals surface area contributed by atoms with Crippen LogP contribution in [-0.2, 0) is 23.4 Å². The highest BCUT2D eigenvalue weighted by Crippen LogP contribution is 2.34. The van der Waals surface area contributed by atoms with Crippen LogP contribution >= 0.6 is 23.1 Å². The van der Waals surface area contributed by atoms with Gasteiger partial charge in [0.2, 0.25) is 5.91 Å². The van der Waals surface area contributed by atoms with Gasteiger partial charge in [-0.05, 0) is 31.7 Å². The predicted molar refractivity (Wildman–Crippen MR) is 97.7 cm³/mol. The molecule has 0 radical (unpaired) electrons. The van der Waals surface area contributed by atoms with Gasteiger partial charge in [0, 0.05) is 23.6 Å². The highest BCUT2D eigenvalue weighted by Gasteiger charge is 2.20. The average Bonchev–Trinajstić information content (AvgIpc) is 3.09. The molecular weight excluding hydrogens is 346 g/mol. The number of nitrogens with zero attached hydrogens (tertiary/aromatic N) is 1. The number of carbonyl (C=O) groups is 1. The number of aryl methyl sites for hydroxylation is 2. The number of H-pyrrole nitrogens is 1. The molecule has 3 rings (SSSR count). The zero-order chi connectivity index (χ0) is 17.1. The molecule has 1 aliphatic carbocycles. The smallest absolute Gasteiger partial charge is 0.259 e. The lowest BCUT2D eigenvalue weighted by atomic mass is 10.2. The topological polar surface area (TPSA) is 95.1 Å². The molecule has 2 aromatic heterocycles. The number of aliphatic hydroxyl groups is 1. The molecule has 0 saturated carbocycles. The van der Waals surface area contributed by atoms with E-state index in [0.29, 0.717) is 23.8 Å². The Bertz CT molecular complexity index is 798. The molecule has 2 aromatic rings. The second-order valence-electron chi connectivity index (χ2n) is 6.01. The van der Waals surface area contributed by atoms with Crippen molar-refractivity contribution in [3.05, 3.63) is 26.6 Å². The summed E-state index contributed by atoms with van der Waals surface area (Å²) in [5, 5.41) is 12.6. The summed E-state index contributed by atoms with van der Waals surface area (Å²) in [6.45, 7) is 1.91. The Morgan fingerprint density at radius 2 is 2.33 bits per heavy atom. The van der Waals surface area contributed by atoms with Gasteiger partial charge in [-0.3, -0.25) is 9.59 Å². The zero-order valence-corrected chi connectivity index (χ0v) is 15.2. The van der Waals surface area contributed by atoms with Gasteiger partial charge in [-0.2, -0.15) is 11.8 Å². The van der Waals surface area contributed by atoms with Gasteiger partial charge in [-0.1, -0.05) is 0 Å². The minimum Gasteiger partial charge on any atom is -0.392 e. The van der Waals surface area contributed by atoms with E-state index in [1.807, 2.05) is 0 Å². The van der Waals surface area contributed by atoms with Gasteiger partial charge in [0.25, 0.3) is 5.56 Å². The fourth-order valence-electron chi connectivity index (χ4n) is 2.80. The zero-order valence-electron chi connectivity index (χ0n) is 13.6. The summed E-state index contributed by atoms with van der Waals surface area (Å²) in [6.07, 6.45) is 3.02. The molecule has 0 bridgehead atoms. The van der Waals surface area contributed by atoms with E-state index in [1.165, 1.54) is 10.4 Å². The first-order valence-electron chi connectivity index (χ1n) is 8.10. The number of fused-ring (bicyclic) bond motifs is 3. The maximum atomic E-state index is 12.3. The van der Waals surface area contributed by atoms with Crippen molar-refractivity contribution in [2.24, 2.45) is 0 Å². The summed E-state index contributed by atoms with van der Waals surface area (Å²) >= 11 is 3.21. The number of amides is 1. The Labute approximate surface area is 148 Å². The van der Waals surface area contributed by atoms with E-state index in [-0.39, 0.29) is 18.0 Å². The Morgan fingerprint density at radius 1 is 1.50 bits per heavy atom. The van der Waals surface area contributed by atoms with E-state index in [0.717, 1.165) is 29.5 Å². The fourth-order valence-corrected chi connectivity index (χ4v) is 4.88. The van der Waals surface area contributed by atoms with E-state index in [2.05, 4.69) is 15.3 Å². The van der Waals surface area contributed by atoms with Crippen molar-refractivity contribution in [2.45, 2.75) is 44.5 Å². The van der Waals surface area contributed by atoms with Crippen LogP contribution in [-0.4, -0.2) is 39.4 Å². The van der Waals surface area contributed by atoms with E-state index in [1.54, 1.807) is 30.0 Å². The van der Waals surface area contributed by atoms with Gasteiger partial charge in [0.1, 0.15) is 10.7 Å². The van der Waals surface area contributed by atoms with Gasteiger partial charge >= 0.3 is 0 Å². The highest BCUT2D eigenvalue weighted by molar-refractivity contribution is 7.98. The first-order valence-corrected chi connectivity index (χ1v) is 10.1. The van der Waals surface area contributed by atoms with Crippen LogP contribution in [0.25, 0.3) is 10.2 Å². The number of thioether (sulfide) groups is 1. The maximum Gasteiger partial charge on any atom is 0.259 e. The van der Waals surface area contributed by atoms with E-state index in [4.69, 9.17) is 5.11 Å².